The van der Waals surface area contributed by atoms with E-state index >= 15 is 0 Å². The van der Waals surface area contributed by atoms with E-state index in [0.29, 0.717) is 23.9 Å². The molecule has 2 aliphatic rings. The minimum Gasteiger partial charge on any atom is -0.379 e. The van der Waals surface area contributed by atoms with Crippen molar-refractivity contribution >= 4 is 11.9 Å². The summed E-state index contributed by atoms with van der Waals surface area (Å²) in [5.74, 6) is 1.70. The largest absolute Gasteiger partial charge is 0.379 e. The molecule has 3 aromatic rings. The Morgan fingerprint density at radius 2 is 1.94 bits per heavy atom. The van der Waals surface area contributed by atoms with Gasteiger partial charge in [0, 0.05) is 44.2 Å². The summed E-state index contributed by atoms with van der Waals surface area (Å²) in [6.07, 6.45) is 0. The average molecular weight is 464 g/mol. The van der Waals surface area contributed by atoms with E-state index in [1.54, 1.807) is 6.07 Å². The van der Waals surface area contributed by atoms with Crippen LogP contribution >= 0.6 is 0 Å². The Morgan fingerprint density at radius 3 is 2.74 bits per heavy atom. The van der Waals surface area contributed by atoms with E-state index in [2.05, 4.69) is 25.4 Å². The molecule has 178 valence electrons. The molecule has 1 unspecified atom stereocenters. The third-order valence-corrected chi connectivity index (χ3v) is 6.38. The van der Waals surface area contributed by atoms with Crippen LogP contribution in [0.15, 0.2) is 53.5 Å². The predicted octanol–water partition coefficient (Wildman–Crippen LogP) is 2.86. The molecule has 0 radical (unpaired) electrons. The zero-order valence-corrected chi connectivity index (χ0v) is 19.4. The van der Waals surface area contributed by atoms with Gasteiger partial charge in [-0.25, -0.2) is 4.39 Å². The van der Waals surface area contributed by atoms with Crippen LogP contribution in [0.25, 0.3) is 11.1 Å². The van der Waals surface area contributed by atoms with E-state index in [1.807, 2.05) is 54.3 Å². The maximum Gasteiger partial charge on any atom is 0.251 e. The number of H-pyrrole nitrogens is 1. The van der Waals surface area contributed by atoms with Crippen molar-refractivity contribution in [1.82, 2.24) is 25.4 Å². The van der Waals surface area contributed by atoms with Crippen LogP contribution in [0.1, 0.15) is 24.2 Å². The second kappa shape index (κ2) is 10.3. The van der Waals surface area contributed by atoms with Crippen molar-refractivity contribution in [2.45, 2.75) is 12.8 Å². The van der Waals surface area contributed by atoms with E-state index in [-0.39, 0.29) is 11.7 Å². The first-order valence-electron chi connectivity index (χ1n) is 11.8. The Hall–Kier alpha value is -3.30. The molecule has 9 heteroatoms. The first-order chi connectivity index (χ1) is 16.7. The summed E-state index contributed by atoms with van der Waals surface area (Å²) in [7, 11) is 0. The van der Waals surface area contributed by atoms with Crippen LogP contribution in [-0.2, 0) is 4.74 Å². The highest BCUT2D eigenvalue weighted by atomic mass is 19.1. The molecule has 0 amide bonds. The van der Waals surface area contributed by atoms with Gasteiger partial charge < -0.3 is 10.1 Å². The molecule has 1 fully saturated rings. The zero-order chi connectivity index (χ0) is 23.3. The van der Waals surface area contributed by atoms with Crippen molar-refractivity contribution in [2.24, 2.45) is 4.99 Å². The quantitative estimate of drug-likeness (QED) is 0.561. The number of benzene rings is 2. The molecule has 2 aliphatic heterocycles. The summed E-state index contributed by atoms with van der Waals surface area (Å²) in [6.45, 7) is 8.69. The van der Waals surface area contributed by atoms with Gasteiger partial charge in [0.15, 0.2) is 0 Å². The molecule has 0 bridgehead atoms. The van der Waals surface area contributed by atoms with Crippen molar-refractivity contribution in [3.8, 4) is 11.1 Å². The molecule has 1 aromatic heterocycles. The second-order valence-corrected chi connectivity index (χ2v) is 8.59. The van der Waals surface area contributed by atoms with E-state index in [1.165, 1.54) is 0 Å². The molecule has 2 aromatic carbocycles. The van der Waals surface area contributed by atoms with Gasteiger partial charge in [-0.2, -0.15) is 4.98 Å². The molecule has 8 nitrogen and oxygen atoms in total. The van der Waals surface area contributed by atoms with Crippen molar-refractivity contribution in [3.63, 3.8) is 0 Å². The van der Waals surface area contributed by atoms with Crippen molar-refractivity contribution in [1.29, 1.82) is 0 Å². The highest BCUT2D eigenvalue weighted by Gasteiger charge is 2.24. The summed E-state index contributed by atoms with van der Waals surface area (Å²) in [5.41, 5.74) is 2.30. The Kier molecular flexibility index (Phi) is 6.82. The van der Waals surface area contributed by atoms with Crippen LogP contribution in [0.3, 0.4) is 0 Å². The molecule has 0 spiro atoms. The summed E-state index contributed by atoms with van der Waals surface area (Å²) < 4.78 is 20.3. The van der Waals surface area contributed by atoms with Crippen LogP contribution in [0, 0.1) is 5.82 Å². The third kappa shape index (κ3) is 4.95. The first-order valence-corrected chi connectivity index (χ1v) is 11.8. The summed E-state index contributed by atoms with van der Waals surface area (Å²) in [5, 5.41) is 10.9. The first kappa shape index (κ1) is 22.5. The number of ether oxygens (including phenoxy) is 1. The molecule has 1 atom stereocenters. The number of aromatic nitrogens is 3. The van der Waals surface area contributed by atoms with Gasteiger partial charge in [0.25, 0.3) is 5.95 Å². The number of nitrogens with zero attached hydrogens (tertiary/aromatic N) is 5. The number of morpholine rings is 1. The number of hydrogen-bond acceptors (Lipinski definition) is 7. The van der Waals surface area contributed by atoms with Crippen LogP contribution in [-0.4, -0.2) is 78.5 Å². The summed E-state index contributed by atoms with van der Waals surface area (Å²) in [4.78, 5) is 13.7. The molecule has 0 aliphatic carbocycles. The number of guanidine groups is 1. The summed E-state index contributed by atoms with van der Waals surface area (Å²) >= 11 is 0. The molecule has 2 N–H and O–H groups in total. The molecule has 1 saturated heterocycles. The highest BCUT2D eigenvalue weighted by molar-refractivity contribution is 5.96. The maximum atomic E-state index is 14.9. The predicted molar refractivity (Wildman–Crippen MR) is 131 cm³/mol. The fraction of sp³-hybridized carbons (Fsp3) is 0.400. The van der Waals surface area contributed by atoms with Crippen molar-refractivity contribution in [2.75, 3.05) is 57.4 Å². The number of halogens is 1. The fourth-order valence-electron chi connectivity index (χ4n) is 4.33. The number of aliphatic imine (C=N–C) groups is 1. The van der Waals surface area contributed by atoms with Crippen molar-refractivity contribution < 1.29 is 9.13 Å². The smallest absolute Gasteiger partial charge is 0.251 e. The van der Waals surface area contributed by atoms with Crippen LogP contribution in [0.2, 0.25) is 0 Å². The standard InChI is InChI=1S/C25H30FN7O/c1-18(20-7-8-21(22(26)17-20)19-5-3-2-4-6-19)23-29-25(31-30-23)33-12-10-28-24(33)27-9-11-32-13-15-34-16-14-32/h2-8,17-18H,9-16H2,1H3,(H,27,28)(H,29,30,31). The maximum absolute atomic E-state index is 14.9. The number of aromatic amines is 1. The van der Waals surface area contributed by atoms with Gasteiger partial charge in [-0.15, -0.1) is 5.10 Å². The second-order valence-electron chi connectivity index (χ2n) is 8.59. The lowest BCUT2D eigenvalue weighted by molar-refractivity contribution is 0.0389. The lowest BCUT2D eigenvalue weighted by Crippen LogP contribution is -2.45. The monoisotopic (exact) mass is 463 g/mol. The van der Waals surface area contributed by atoms with Crippen LogP contribution in [0.4, 0.5) is 10.3 Å². The lowest BCUT2D eigenvalue weighted by atomic mass is 9.96. The molecule has 0 saturated carbocycles. The van der Waals surface area contributed by atoms with Gasteiger partial charge in [0.2, 0.25) is 5.96 Å². The summed E-state index contributed by atoms with van der Waals surface area (Å²) in [6, 6.07) is 14.9. The number of hydrogen-bond donors (Lipinski definition) is 2. The lowest BCUT2D eigenvalue weighted by Gasteiger charge is -2.27. The fourth-order valence-corrected chi connectivity index (χ4v) is 4.33. The van der Waals surface area contributed by atoms with Gasteiger partial charge >= 0.3 is 0 Å². The number of rotatable bonds is 7. The van der Waals surface area contributed by atoms with Gasteiger partial charge in [0.05, 0.1) is 19.8 Å². The van der Waals surface area contributed by atoms with Gasteiger partial charge in [-0.3, -0.25) is 19.9 Å². The van der Waals surface area contributed by atoms with Gasteiger partial charge in [-0.05, 0) is 17.2 Å². The Morgan fingerprint density at radius 1 is 1.12 bits per heavy atom. The van der Waals surface area contributed by atoms with E-state index in [4.69, 9.17) is 9.72 Å². The van der Waals surface area contributed by atoms with Gasteiger partial charge in [-0.1, -0.05) is 49.4 Å². The van der Waals surface area contributed by atoms with Crippen LogP contribution < -0.4 is 10.2 Å². The topological polar surface area (TPSA) is 81.7 Å². The molecular weight excluding hydrogens is 433 g/mol. The average Bonchev–Trinajstić information content (AvgIpc) is 3.54. The Balaban J connectivity index is 1.23. The van der Waals surface area contributed by atoms with E-state index in [0.717, 1.165) is 63.0 Å². The van der Waals surface area contributed by atoms with Crippen molar-refractivity contribution in [3.05, 3.63) is 65.7 Å². The third-order valence-electron chi connectivity index (χ3n) is 6.38. The van der Waals surface area contributed by atoms with Gasteiger partial charge in [0.1, 0.15) is 11.6 Å². The Bertz CT molecular complexity index is 1130. The van der Waals surface area contributed by atoms with E-state index < -0.39 is 0 Å². The minimum absolute atomic E-state index is 0.127. The molecule has 34 heavy (non-hydrogen) atoms. The highest BCUT2D eigenvalue weighted by Crippen LogP contribution is 2.28. The number of nitrogens with one attached hydrogen (secondary N) is 2. The normalized spacial score (nSPS) is 17.6. The van der Waals surface area contributed by atoms with Crippen LogP contribution in [0.5, 0.6) is 0 Å². The Labute approximate surface area is 198 Å². The minimum atomic E-state index is -0.242. The SMILES string of the molecule is CC(c1ccc(-c2ccccc2)c(F)c1)c1nc(N2CCN=C2NCCN2CCOCC2)n[nH]1. The molecule has 5 rings (SSSR count). The molecular formula is C25H30FN7O. The zero-order valence-electron chi connectivity index (χ0n) is 19.4. The number of anilines is 1. The molecule has 3 heterocycles. The van der Waals surface area contributed by atoms with E-state index in [9.17, 15) is 4.39 Å².